The highest BCUT2D eigenvalue weighted by molar-refractivity contribution is 7.18. The van der Waals surface area contributed by atoms with E-state index in [1.807, 2.05) is 18.2 Å². The Morgan fingerprint density at radius 3 is 2.96 bits per heavy atom. The fourth-order valence-electron chi connectivity index (χ4n) is 3.75. The smallest absolute Gasteiger partial charge is 0.220 e. The second kappa shape index (κ2) is 8.61. The van der Waals surface area contributed by atoms with Crippen LogP contribution in [0.25, 0.3) is 10.2 Å². The molecule has 1 aromatic heterocycles. The summed E-state index contributed by atoms with van der Waals surface area (Å²) in [6.45, 7) is 3.21. The minimum Gasteiger partial charge on any atom is -0.356 e. The monoisotopic (exact) mass is 344 g/mol. The summed E-state index contributed by atoms with van der Waals surface area (Å²) in [5, 5.41) is 4.14. The quantitative estimate of drug-likeness (QED) is 0.722. The lowest BCUT2D eigenvalue weighted by molar-refractivity contribution is -0.121. The first-order chi connectivity index (χ1) is 11.7. The van der Waals surface area contributed by atoms with Crippen LogP contribution in [0.4, 0.5) is 0 Å². The van der Waals surface area contributed by atoms with E-state index < -0.39 is 0 Å². The average molecular weight is 345 g/mol. The number of benzene rings is 1. The van der Waals surface area contributed by atoms with E-state index >= 15 is 0 Å². The minimum atomic E-state index is 0.158. The number of thiazole rings is 1. The number of hydrogen-bond donors (Lipinski definition) is 1. The Morgan fingerprint density at radius 1 is 1.29 bits per heavy atom. The predicted molar refractivity (Wildman–Crippen MR) is 101 cm³/mol. The topological polar surface area (TPSA) is 42.0 Å². The zero-order valence-electron chi connectivity index (χ0n) is 14.6. The molecule has 2 aromatic rings. The van der Waals surface area contributed by atoms with Crippen molar-refractivity contribution in [3.05, 3.63) is 29.3 Å². The summed E-state index contributed by atoms with van der Waals surface area (Å²) >= 11 is 1.70. The second-order valence-corrected chi connectivity index (χ2v) is 8.20. The van der Waals surface area contributed by atoms with Gasteiger partial charge < -0.3 is 5.32 Å². The number of amides is 1. The van der Waals surface area contributed by atoms with Crippen LogP contribution in [-0.2, 0) is 11.2 Å². The van der Waals surface area contributed by atoms with E-state index in [1.54, 1.807) is 11.3 Å². The molecule has 2 atom stereocenters. The van der Waals surface area contributed by atoms with Gasteiger partial charge in [0.05, 0.1) is 15.2 Å². The summed E-state index contributed by atoms with van der Waals surface area (Å²) in [5.41, 5.74) is 1.04. The van der Waals surface area contributed by atoms with Crippen LogP contribution in [0.5, 0.6) is 0 Å². The van der Waals surface area contributed by atoms with Gasteiger partial charge in [-0.3, -0.25) is 4.79 Å². The van der Waals surface area contributed by atoms with Crippen LogP contribution >= 0.6 is 11.3 Å². The summed E-state index contributed by atoms with van der Waals surface area (Å²) < 4.78 is 1.20. The van der Waals surface area contributed by atoms with E-state index in [1.165, 1.54) is 36.8 Å². The van der Waals surface area contributed by atoms with Crippen LogP contribution in [0, 0.1) is 11.8 Å². The Balaban J connectivity index is 1.33. The highest BCUT2D eigenvalue weighted by Gasteiger charge is 2.20. The summed E-state index contributed by atoms with van der Waals surface area (Å²) in [6, 6.07) is 8.15. The molecule has 1 aliphatic carbocycles. The lowest BCUT2D eigenvalue weighted by Gasteiger charge is -2.28. The first-order valence-electron chi connectivity index (χ1n) is 9.33. The third-order valence-corrected chi connectivity index (χ3v) is 6.36. The van der Waals surface area contributed by atoms with Crippen LogP contribution in [0.15, 0.2) is 24.3 Å². The maximum atomic E-state index is 12.0. The van der Waals surface area contributed by atoms with Crippen molar-refractivity contribution in [2.45, 2.75) is 58.3 Å². The lowest BCUT2D eigenvalue weighted by atomic mass is 9.78. The van der Waals surface area contributed by atoms with Crippen molar-refractivity contribution in [1.29, 1.82) is 0 Å². The van der Waals surface area contributed by atoms with Crippen molar-refractivity contribution in [3.63, 3.8) is 0 Å². The van der Waals surface area contributed by atoms with Crippen molar-refractivity contribution in [2.75, 3.05) is 6.54 Å². The van der Waals surface area contributed by atoms with Gasteiger partial charge in [0.15, 0.2) is 0 Å². The molecule has 3 rings (SSSR count). The van der Waals surface area contributed by atoms with E-state index in [-0.39, 0.29) is 5.91 Å². The van der Waals surface area contributed by atoms with Gasteiger partial charge in [0.1, 0.15) is 0 Å². The molecule has 1 fully saturated rings. The van der Waals surface area contributed by atoms with E-state index in [0.29, 0.717) is 6.42 Å². The van der Waals surface area contributed by atoms with Gasteiger partial charge in [0.2, 0.25) is 5.91 Å². The number of aryl methyl sites for hydroxylation is 1. The van der Waals surface area contributed by atoms with Gasteiger partial charge >= 0.3 is 0 Å². The van der Waals surface area contributed by atoms with Gasteiger partial charge in [-0.2, -0.15) is 0 Å². The highest BCUT2D eigenvalue weighted by atomic mass is 32.1. The van der Waals surface area contributed by atoms with Gasteiger partial charge in [0.25, 0.3) is 0 Å². The van der Waals surface area contributed by atoms with Gasteiger partial charge in [-0.25, -0.2) is 4.98 Å². The van der Waals surface area contributed by atoms with Crippen molar-refractivity contribution < 1.29 is 4.79 Å². The average Bonchev–Trinajstić information content (AvgIpc) is 3.01. The zero-order chi connectivity index (χ0) is 16.8. The molecule has 1 aliphatic rings. The summed E-state index contributed by atoms with van der Waals surface area (Å²) in [7, 11) is 0. The molecule has 1 aromatic carbocycles. The first-order valence-corrected chi connectivity index (χ1v) is 10.1. The number of hydrogen-bond acceptors (Lipinski definition) is 3. The van der Waals surface area contributed by atoms with Crippen molar-refractivity contribution in [1.82, 2.24) is 10.3 Å². The molecule has 24 heavy (non-hydrogen) atoms. The number of rotatable bonds is 7. The second-order valence-electron chi connectivity index (χ2n) is 7.09. The molecule has 1 N–H and O–H groups in total. The normalized spacial score (nSPS) is 21.0. The summed E-state index contributed by atoms with van der Waals surface area (Å²) in [4.78, 5) is 16.6. The molecule has 1 saturated carbocycles. The number of fused-ring (bicyclic) bond motifs is 1. The standard InChI is InChI=1S/C20H28N2OS/c1-15-7-2-3-8-16(15)9-6-14-21-19(23)12-13-20-22-17-10-4-5-11-18(17)24-20/h4-5,10-11,15-16H,2-3,6-9,12-14H2,1H3,(H,21,23). The van der Waals surface area contributed by atoms with E-state index in [0.717, 1.165) is 41.7 Å². The molecule has 4 heteroatoms. The third kappa shape index (κ3) is 4.79. The molecule has 3 nitrogen and oxygen atoms in total. The molecule has 0 bridgehead atoms. The van der Waals surface area contributed by atoms with Crippen LogP contribution in [0.1, 0.15) is 56.9 Å². The Morgan fingerprint density at radius 2 is 2.12 bits per heavy atom. The Hall–Kier alpha value is -1.42. The van der Waals surface area contributed by atoms with Crippen molar-refractivity contribution >= 4 is 27.5 Å². The van der Waals surface area contributed by atoms with Crippen molar-refractivity contribution in [2.24, 2.45) is 11.8 Å². The Bertz CT molecular complexity index is 633. The molecule has 1 amide bonds. The summed E-state index contributed by atoms with van der Waals surface area (Å²) in [5.74, 6) is 1.90. The molecule has 0 spiro atoms. The van der Waals surface area contributed by atoms with Gasteiger partial charge in [-0.15, -0.1) is 11.3 Å². The third-order valence-electron chi connectivity index (χ3n) is 5.27. The van der Waals surface area contributed by atoms with Crippen LogP contribution in [0.2, 0.25) is 0 Å². The number of nitrogens with zero attached hydrogens (tertiary/aromatic N) is 1. The predicted octanol–water partition coefficient (Wildman–Crippen LogP) is 4.95. The van der Waals surface area contributed by atoms with Gasteiger partial charge in [-0.05, 0) is 36.8 Å². The largest absolute Gasteiger partial charge is 0.356 e. The number of nitrogens with one attached hydrogen (secondary N) is 1. The molecular weight excluding hydrogens is 316 g/mol. The van der Waals surface area contributed by atoms with Gasteiger partial charge in [0, 0.05) is 19.4 Å². The fourth-order valence-corrected chi connectivity index (χ4v) is 4.72. The first kappa shape index (κ1) is 17.4. The van der Waals surface area contributed by atoms with E-state index in [9.17, 15) is 4.79 Å². The fraction of sp³-hybridized carbons (Fsp3) is 0.600. The molecular formula is C20H28N2OS. The van der Waals surface area contributed by atoms with E-state index in [4.69, 9.17) is 0 Å². The maximum Gasteiger partial charge on any atom is 0.220 e. The Kier molecular flexibility index (Phi) is 6.24. The van der Waals surface area contributed by atoms with Crippen molar-refractivity contribution in [3.8, 4) is 0 Å². The summed E-state index contributed by atoms with van der Waals surface area (Å²) in [6.07, 6.45) is 9.22. The van der Waals surface area contributed by atoms with Crippen LogP contribution < -0.4 is 5.32 Å². The molecule has 0 radical (unpaired) electrons. The number of aromatic nitrogens is 1. The Labute approximate surface area is 148 Å². The molecule has 130 valence electrons. The molecule has 0 saturated heterocycles. The number of carbonyl (C=O) groups excluding carboxylic acids is 1. The van der Waals surface area contributed by atoms with Crippen LogP contribution in [0.3, 0.4) is 0 Å². The maximum absolute atomic E-state index is 12.0. The SMILES string of the molecule is CC1CCCCC1CCCNC(=O)CCc1nc2ccccc2s1. The highest BCUT2D eigenvalue weighted by Crippen LogP contribution is 2.32. The lowest BCUT2D eigenvalue weighted by Crippen LogP contribution is -2.26. The molecule has 2 unspecified atom stereocenters. The van der Waals surface area contributed by atoms with E-state index in [2.05, 4.69) is 23.3 Å². The number of carbonyl (C=O) groups is 1. The van der Waals surface area contributed by atoms with Gasteiger partial charge in [-0.1, -0.05) is 44.7 Å². The molecule has 1 heterocycles. The zero-order valence-corrected chi connectivity index (χ0v) is 15.4. The number of para-hydroxylation sites is 1. The van der Waals surface area contributed by atoms with Crippen LogP contribution in [-0.4, -0.2) is 17.4 Å². The molecule has 0 aliphatic heterocycles. The minimum absolute atomic E-state index is 0.158.